The van der Waals surface area contributed by atoms with E-state index in [4.69, 9.17) is 10.2 Å². The fourth-order valence-corrected chi connectivity index (χ4v) is 1.16. The summed E-state index contributed by atoms with van der Waals surface area (Å²) in [5.41, 5.74) is 1.25. The number of hydrogen-bond donors (Lipinski definition) is 2. The number of hydrogen-bond acceptors (Lipinski definition) is 2. The molecule has 0 bridgehead atoms. The molecule has 0 aromatic rings. The van der Waals surface area contributed by atoms with Crippen molar-refractivity contribution in [2.24, 2.45) is 5.92 Å². The van der Waals surface area contributed by atoms with Crippen molar-refractivity contribution in [1.29, 1.82) is 0 Å². The molecule has 0 aromatic carbocycles. The summed E-state index contributed by atoms with van der Waals surface area (Å²) in [6.45, 7) is 9.82. The van der Waals surface area contributed by atoms with Gasteiger partial charge in [0.15, 0.2) is 0 Å². The molecule has 18 heavy (non-hydrogen) atoms. The van der Waals surface area contributed by atoms with Crippen LogP contribution in [-0.2, 0) is 9.59 Å². The minimum absolute atomic E-state index is 0.265. The van der Waals surface area contributed by atoms with Gasteiger partial charge in [0.2, 0.25) is 0 Å². The maximum absolute atomic E-state index is 10.6. The number of aliphatic carboxylic acids is 2. The Bertz CT molecular complexity index is 259. The van der Waals surface area contributed by atoms with Crippen molar-refractivity contribution in [3.05, 3.63) is 12.2 Å². The van der Waals surface area contributed by atoms with Crippen LogP contribution in [0.3, 0.4) is 0 Å². The average Bonchev–Trinajstić information content (AvgIpc) is 2.28. The van der Waals surface area contributed by atoms with E-state index in [1.54, 1.807) is 0 Å². The Morgan fingerprint density at radius 3 is 1.94 bits per heavy atom. The van der Waals surface area contributed by atoms with Crippen LogP contribution in [0.15, 0.2) is 12.2 Å². The molecule has 0 aliphatic heterocycles. The topological polar surface area (TPSA) is 74.6 Å². The van der Waals surface area contributed by atoms with E-state index in [0.717, 1.165) is 25.7 Å². The second kappa shape index (κ2) is 12.1. The second-order valence-corrected chi connectivity index (χ2v) is 4.44. The van der Waals surface area contributed by atoms with Crippen LogP contribution < -0.4 is 0 Å². The molecule has 4 nitrogen and oxygen atoms in total. The van der Waals surface area contributed by atoms with Crippen molar-refractivity contribution >= 4 is 11.9 Å². The van der Waals surface area contributed by atoms with E-state index in [0.29, 0.717) is 6.42 Å². The minimum atomic E-state index is -1.04. The first-order chi connectivity index (χ1) is 8.34. The average molecular weight is 258 g/mol. The Morgan fingerprint density at radius 2 is 1.67 bits per heavy atom. The van der Waals surface area contributed by atoms with E-state index >= 15 is 0 Å². The SMILES string of the molecule is C=C(C)CC.CCCCCC(CC(=O)O)C(=O)O. The zero-order valence-electron chi connectivity index (χ0n) is 11.7. The van der Waals surface area contributed by atoms with E-state index in [2.05, 4.69) is 13.5 Å². The Morgan fingerprint density at radius 1 is 1.17 bits per heavy atom. The molecule has 0 fully saturated rings. The highest BCUT2D eigenvalue weighted by Crippen LogP contribution is 2.13. The first-order valence-corrected chi connectivity index (χ1v) is 6.44. The summed E-state index contributed by atoms with van der Waals surface area (Å²) in [5, 5.41) is 17.1. The van der Waals surface area contributed by atoms with Gasteiger partial charge in [-0.05, 0) is 19.8 Å². The second-order valence-electron chi connectivity index (χ2n) is 4.44. The lowest BCUT2D eigenvalue weighted by Gasteiger charge is -2.08. The summed E-state index contributed by atoms with van der Waals surface area (Å²) >= 11 is 0. The number of carboxylic acid groups (broad SMARTS) is 2. The summed E-state index contributed by atoms with van der Waals surface area (Å²) in [6, 6.07) is 0. The number of rotatable bonds is 8. The normalized spacial score (nSPS) is 11.1. The van der Waals surface area contributed by atoms with Gasteiger partial charge in [0.25, 0.3) is 0 Å². The number of carboxylic acids is 2. The van der Waals surface area contributed by atoms with Crippen molar-refractivity contribution < 1.29 is 19.8 Å². The van der Waals surface area contributed by atoms with E-state index in [1.165, 1.54) is 5.57 Å². The zero-order valence-corrected chi connectivity index (χ0v) is 11.7. The van der Waals surface area contributed by atoms with Crippen molar-refractivity contribution in [1.82, 2.24) is 0 Å². The smallest absolute Gasteiger partial charge is 0.307 e. The van der Waals surface area contributed by atoms with Gasteiger partial charge in [-0.2, -0.15) is 0 Å². The Balaban J connectivity index is 0. The fraction of sp³-hybridized carbons (Fsp3) is 0.714. The molecule has 2 N–H and O–H groups in total. The lowest BCUT2D eigenvalue weighted by atomic mass is 9.98. The Labute approximate surface area is 110 Å². The van der Waals surface area contributed by atoms with Crippen LogP contribution in [-0.4, -0.2) is 22.2 Å². The van der Waals surface area contributed by atoms with Gasteiger partial charge in [0.05, 0.1) is 12.3 Å². The van der Waals surface area contributed by atoms with Crippen molar-refractivity contribution in [3.8, 4) is 0 Å². The third-order valence-corrected chi connectivity index (χ3v) is 2.53. The highest BCUT2D eigenvalue weighted by Gasteiger charge is 2.19. The third-order valence-electron chi connectivity index (χ3n) is 2.53. The molecule has 0 saturated carbocycles. The van der Waals surface area contributed by atoms with Gasteiger partial charge >= 0.3 is 11.9 Å². The molecular weight excluding hydrogens is 232 g/mol. The molecule has 0 aliphatic carbocycles. The van der Waals surface area contributed by atoms with Crippen LogP contribution in [0.25, 0.3) is 0 Å². The standard InChI is InChI=1S/C9H16O4.C5H10/c1-2-3-4-5-7(9(12)13)6-8(10)11;1-4-5(2)3/h7H,2-6H2,1H3,(H,10,11)(H,12,13);2,4H2,1,3H3. The lowest BCUT2D eigenvalue weighted by molar-refractivity contribution is -0.148. The van der Waals surface area contributed by atoms with Gasteiger partial charge in [0.1, 0.15) is 0 Å². The molecule has 0 amide bonds. The summed E-state index contributed by atoms with van der Waals surface area (Å²) in [7, 11) is 0. The maximum atomic E-state index is 10.6. The first kappa shape index (κ1) is 19.0. The maximum Gasteiger partial charge on any atom is 0.307 e. The molecule has 1 unspecified atom stereocenters. The zero-order chi connectivity index (χ0) is 14.6. The monoisotopic (exact) mass is 258 g/mol. The molecule has 0 aromatic heterocycles. The van der Waals surface area contributed by atoms with Crippen LogP contribution in [0.1, 0.15) is 59.3 Å². The highest BCUT2D eigenvalue weighted by atomic mass is 16.4. The summed E-state index contributed by atoms with van der Waals surface area (Å²) in [6.07, 6.45) is 4.08. The molecule has 0 rings (SSSR count). The van der Waals surface area contributed by atoms with Gasteiger partial charge < -0.3 is 10.2 Å². The molecule has 0 heterocycles. The molecule has 0 spiro atoms. The summed E-state index contributed by atoms with van der Waals surface area (Å²) < 4.78 is 0. The molecule has 106 valence electrons. The molecule has 0 aliphatic rings. The van der Waals surface area contributed by atoms with Crippen LogP contribution in [0, 0.1) is 5.92 Å². The molecule has 1 atom stereocenters. The van der Waals surface area contributed by atoms with Gasteiger partial charge in [-0.1, -0.05) is 38.7 Å². The predicted octanol–water partition coefficient (Wildman–Crippen LogP) is 3.71. The van der Waals surface area contributed by atoms with Gasteiger partial charge in [-0.3, -0.25) is 9.59 Å². The van der Waals surface area contributed by atoms with Gasteiger partial charge in [-0.15, -0.1) is 6.58 Å². The molecule has 4 heteroatoms. The lowest BCUT2D eigenvalue weighted by Crippen LogP contribution is -2.17. The van der Waals surface area contributed by atoms with E-state index in [-0.39, 0.29) is 6.42 Å². The number of allylic oxidation sites excluding steroid dienone is 1. The van der Waals surface area contributed by atoms with Gasteiger partial charge in [-0.25, -0.2) is 0 Å². The summed E-state index contributed by atoms with van der Waals surface area (Å²) in [5.74, 6) is -2.76. The van der Waals surface area contributed by atoms with Gasteiger partial charge in [0, 0.05) is 0 Å². The molecule has 0 saturated heterocycles. The van der Waals surface area contributed by atoms with E-state index < -0.39 is 17.9 Å². The van der Waals surface area contributed by atoms with Crippen LogP contribution in [0.4, 0.5) is 0 Å². The van der Waals surface area contributed by atoms with Crippen LogP contribution in [0.5, 0.6) is 0 Å². The predicted molar refractivity (Wildman–Crippen MR) is 72.6 cm³/mol. The number of carbonyl (C=O) groups is 2. The van der Waals surface area contributed by atoms with Crippen molar-refractivity contribution in [3.63, 3.8) is 0 Å². The summed E-state index contributed by atoms with van der Waals surface area (Å²) in [4.78, 5) is 20.8. The van der Waals surface area contributed by atoms with Crippen LogP contribution >= 0.6 is 0 Å². The third kappa shape index (κ3) is 14.7. The van der Waals surface area contributed by atoms with Crippen LogP contribution in [0.2, 0.25) is 0 Å². The first-order valence-electron chi connectivity index (χ1n) is 6.44. The fourth-order valence-electron chi connectivity index (χ4n) is 1.16. The Kier molecular flexibility index (Phi) is 12.8. The number of unbranched alkanes of at least 4 members (excludes halogenated alkanes) is 2. The van der Waals surface area contributed by atoms with Crippen molar-refractivity contribution in [2.75, 3.05) is 0 Å². The largest absolute Gasteiger partial charge is 0.481 e. The minimum Gasteiger partial charge on any atom is -0.481 e. The molecule has 0 radical (unpaired) electrons. The quantitative estimate of drug-likeness (QED) is 0.514. The molecular formula is C14H26O4. The Hall–Kier alpha value is -1.32. The van der Waals surface area contributed by atoms with E-state index in [9.17, 15) is 9.59 Å². The van der Waals surface area contributed by atoms with E-state index in [1.807, 2.05) is 13.8 Å². The van der Waals surface area contributed by atoms with Crippen molar-refractivity contribution in [2.45, 2.75) is 59.3 Å². The highest BCUT2D eigenvalue weighted by molar-refractivity contribution is 5.77.